The standard InChI is InChI=1S/C16H22N4O/c1-12-5-3-6-13(9-12)10-20-15(17-18-16(20)21)14-7-4-8-19(2)11-14/h3,5-6,9,14H,4,7-8,10-11H2,1-2H3,(H,18,21). The van der Waals surface area contributed by atoms with Gasteiger partial charge < -0.3 is 4.90 Å². The minimum atomic E-state index is -0.111. The van der Waals surface area contributed by atoms with E-state index in [1.165, 1.54) is 5.56 Å². The molecule has 21 heavy (non-hydrogen) atoms. The first-order chi connectivity index (χ1) is 10.1. The normalized spacial score (nSPS) is 19.8. The molecule has 1 aliphatic heterocycles. The summed E-state index contributed by atoms with van der Waals surface area (Å²) < 4.78 is 1.79. The van der Waals surface area contributed by atoms with E-state index in [1.807, 2.05) is 6.07 Å². The molecule has 112 valence electrons. The predicted octanol–water partition coefficient (Wildman–Crippen LogP) is 1.74. The third-order valence-electron chi connectivity index (χ3n) is 4.20. The van der Waals surface area contributed by atoms with Gasteiger partial charge in [0.1, 0.15) is 5.82 Å². The zero-order chi connectivity index (χ0) is 14.8. The molecule has 0 bridgehead atoms. The fraction of sp³-hybridized carbons (Fsp3) is 0.500. The molecule has 1 aliphatic rings. The Morgan fingerprint density at radius 1 is 1.43 bits per heavy atom. The third-order valence-corrected chi connectivity index (χ3v) is 4.20. The fourth-order valence-electron chi connectivity index (χ4n) is 3.16. The van der Waals surface area contributed by atoms with Crippen LogP contribution in [0.15, 0.2) is 29.1 Å². The van der Waals surface area contributed by atoms with Crippen LogP contribution in [0.25, 0.3) is 0 Å². The van der Waals surface area contributed by atoms with Crippen molar-refractivity contribution in [2.24, 2.45) is 0 Å². The summed E-state index contributed by atoms with van der Waals surface area (Å²) in [4.78, 5) is 14.4. The summed E-state index contributed by atoms with van der Waals surface area (Å²) in [7, 11) is 2.13. The van der Waals surface area contributed by atoms with Crippen LogP contribution in [-0.4, -0.2) is 39.8 Å². The van der Waals surface area contributed by atoms with Crippen molar-refractivity contribution in [2.45, 2.75) is 32.2 Å². The highest BCUT2D eigenvalue weighted by molar-refractivity contribution is 5.22. The van der Waals surface area contributed by atoms with Gasteiger partial charge in [-0.1, -0.05) is 29.8 Å². The molecule has 0 spiro atoms. The van der Waals surface area contributed by atoms with Crippen LogP contribution in [-0.2, 0) is 6.54 Å². The van der Waals surface area contributed by atoms with Crippen LogP contribution in [0.1, 0.15) is 35.7 Å². The second-order valence-corrected chi connectivity index (χ2v) is 6.06. The van der Waals surface area contributed by atoms with E-state index in [1.54, 1.807) is 4.57 Å². The smallest absolute Gasteiger partial charge is 0.306 e. The van der Waals surface area contributed by atoms with Gasteiger partial charge in [0.15, 0.2) is 0 Å². The number of aromatic nitrogens is 3. The maximum absolute atomic E-state index is 12.1. The van der Waals surface area contributed by atoms with Crippen molar-refractivity contribution in [3.05, 3.63) is 51.7 Å². The Balaban J connectivity index is 1.88. The molecule has 0 aliphatic carbocycles. The quantitative estimate of drug-likeness (QED) is 0.935. The minimum Gasteiger partial charge on any atom is -0.306 e. The van der Waals surface area contributed by atoms with Crippen LogP contribution in [0.4, 0.5) is 0 Å². The van der Waals surface area contributed by atoms with Crippen LogP contribution in [0.2, 0.25) is 0 Å². The summed E-state index contributed by atoms with van der Waals surface area (Å²) in [5, 5.41) is 6.91. The van der Waals surface area contributed by atoms with Gasteiger partial charge in [0.2, 0.25) is 0 Å². The Morgan fingerprint density at radius 3 is 3.05 bits per heavy atom. The molecule has 0 radical (unpaired) electrons. The first kappa shape index (κ1) is 14.1. The van der Waals surface area contributed by atoms with Gasteiger partial charge in [0, 0.05) is 12.5 Å². The maximum Gasteiger partial charge on any atom is 0.343 e. The molecule has 2 heterocycles. The van der Waals surface area contributed by atoms with Gasteiger partial charge in [-0.3, -0.25) is 4.57 Å². The first-order valence-corrected chi connectivity index (χ1v) is 7.52. The highest BCUT2D eigenvalue weighted by Gasteiger charge is 2.24. The lowest BCUT2D eigenvalue weighted by atomic mass is 9.97. The van der Waals surface area contributed by atoms with Crippen LogP contribution < -0.4 is 5.69 Å². The number of benzene rings is 1. The fourth-order valence-corrected chi connectivity index (χ4v) is 3.16. The molecule has 1 aromatic heterocycles. The summed E-state index contributed by atoms with van der Waals surface area (Å²) in [5.41, 5.74) is 2.24. The lowest BCUT2D eigenvalue weighted by Gasteiger charge is -2.29. The topological polar surface area (TPSA) is 53.9 Å². The van der Waals surface area contributed by atoms with Gasteiger partial charge in [-0.15, -0.1) is 0 Å². The third kappa shape index (κ3) is 3.08. The largest absolute Gasteiger partial charge is 0.343 e. The first-order valence-electron chi connectivity index (χ1n) is 7.52. The number of aryl methyl sites for hydroxylation is 1. The highest BCUT2D eigenvalue weighted by atomic mass is 16.1. The van der Waals surface area contributed by atoms with Gasteiger partial charge in [0.25, 0.3) is 0 Å². The average Bonchev–Trinajstić information content (AvgIpc) is 2.80. The number of nitrogens with one attached hydrogen (secondary N) is 1. The molecular weight excluding hydrogens is 264 g/mol. The summed E-state index contributed by atoms with van der Waals surface area (Å²) in [6.07, 6.45) is 2.26. The van der Waals surface area contributed by atoms with Crippen LogP contribution in [0.3, 0.4) is 0 Å². The van der Waals surface area contributed by atoms with Gasteiger partial charge in [0.05, 0.1) is 6.54 Å². The molecule has 2 aromatic rings. The Labute approximate surface area is 124 Å². The van der Waals surface area contributed by atoms with Crippen molar-refractivity contribution in [3.63, 3.8) is 0 Å². The van der Waals surface area contributed by atoms with E-state index in [-0.39, 0.29) is 5.69 Å². The number of aromatic amines is 1. The average molecular weight is 286 g/mol. The van der Waals surface area contributed by atoms with Crippen molar-refractivity contribution in [3.8, 4) is 0 Å². The molecule has 5 heteroatoms. The molecule has 5 nitrogen and oxygen atoms in total. The van der Waals surface area contributed by atoms with Crippen molar-refractivity contribution >= 4 is 0 Å². The molecular formula is C16H22N4O. The Bertz CT molecular complexity index is 673. The van der Waals surface area contributed by atoms with Crippen LogP contribution in [0.5, 0.6) is 0 Å². The second kappa shape index (κ2) is 5.85. The van der Waals surface area contributed by atoms with Gasteiger partial charge in [-0.25, -0.2) is 9.89 Å². The minimum absolute atomic E-state index is 0.111. The van der Waals surface area contributed by atoms with E-state index in [4.69, 9.17) is 0 Å². The van der Waals surface area contributed by atoms with E-state index in [0.717, 1.165) is 37.3 Å². The lowest BCUT2D eigenvalue weighted by Crippen LogP contribution is -2.33. The zero-order valence-electron chi connectivity index (χ0n) is 12.7. The molecule has 1 unspecified atom stereocenters. The second-order valence-electron chi connectivity index (χ2n) is 6.06. The number of H-pyrrole nitrogens is 1. The van der Waals surface area contributed by atoms with Gasteiger partial charge in [-0.05, 0) is 38.9 Å². The number of rotatable bonds is 3. The van der Waals surface area contributed by atoms with Crippen molar-refractivity contribution in [1.29, 1.82) is 0 Å². The molecule has 0 amide bonds. The van der Waals surface area contributed by atoms with Crippen LogP contribution in [0, 0.1) is 6.92 Å². The predicted molar refractivity (Wildman–Crippen MR) is 82.6 cm³/mol. The number of nitrogens with zero attached hydrogens (tertiary/aromatic N) is 3. The van der Waals surface area contributed by atoms with E-state index < -0.39 is 0 Å². The number of likely N-dealkylation sites (N-methyl/N-ethyl adjacent to an activating group) is 1. The molecule has 1 N–H and O–H groups in total. The van der Waals surface area contributed by atoms with E-state index in [9.17, 15) is 4.79 Å². The van der Waals surface area contributed by atoms with Gasteiger partial charge >= 0.3 is 5.69 Å². The number of likely N-dealkylation sites (tertiary alicyclic amines) is 1. The van der Waals surface area contributed by atoms with E-state index in [2.05, 4.69) is 47.3 Å². The summed E-state index contributed by atoms with van der Waals surface area (Å²) in [5.74, 6) is 1.24. The number of hydrogen-bond acceptors (Lipinski definition) is 3. The molecule has 3 rings (SSSR count). The molecule has 1 aromatic carbocycles. The zero-order valence-corrected chi connectivity index (χ0v) is 12.7. The Morgan fingerprint density at radius 2 is 2.29 bits per heavy atom. The summed E-state index contributed by atoms with van der Waals surface area (Å²) in [6, 6.07) is 8.28. The Kier molecular flexibility index (Phi) is 3.92. The molecule has 1 atom stereocenters. The lowest BCUT2D eigenvalue weighted by molar-refractivity contribution is 0.243. The molecule has 1 saturated heterocycles. The van der Waals surface area contributed by atoms with Crippen LogP contribution >= 0.6 is 0 Å². The summed E-state index contributed by atoms with van der Waals surface area (Å²) in [6.45, 7) is 4.76. The van der Waals surface area contributed by atoms with Crippen molar-refractivity contribution in [2.75, 3.05) is 20.1 Å². The number of piperidine rings is 1. The van der Waals surface area contributed by atoms with Crippen molar-refractivity contribution < 1.29 is 0 Å². The Hall–Kier alpha value is -1.88. The van der Waals surface area contributed by atoms with Gasteiger partial charge in [-0.2, -0.15) is 5.10 Å². The van der Waals surface area contributed by atoms with E-state index >= 15 is 0 Å². The summed E-state index contributed by atoms with van der Waals surface area (Å²) >= 11 is 0. The molecule has 0 saturated carbocycles. The molecule has 1 fully saturated rings. The van der Waals surface area contributed by atoms with E-state index in [0.29, 0.717) is 12.5 Å². The van der Waals surface area contributed by atoms with Crippen molar-refractivity contribution in [1.82, 2.24) is 19.7 Å². The monoisotopic (exact) mass is 286 g/mol. The maximum atomic E-state index is 12.1. The highest BCUT2D eigenvalue weighted by Crippen LogP contribution is 2.24. The SMILES string of the molecule is Cc1cccc(Cn2c(C3CCCN(C)C3)n[nH]c2=O)c1. The number of hydrogen-bond donors (Lipinski definition) is 1.